The maximum absolute atomic E-state index is 12.7. The van der Waals surface area contributed by atoms with Gasteiger partial charge in [0, 0.05) is 40.4 Å². The third-order valence-electron chi connectivity index (χ3n) is 4.79. The molecule has 2 aliphatic rings. The fourth-order valence-electron chi connectivity index (χ4n) is 3.32. The molecule has 3 heterocycles. The lowest BCUT2D eigenvalue weighted by Crippen LogP contribution is -2.55. The topological polar surface area (TPSA) is 95.8 Å². The minimum Gasteiger partial charge on any atom is -0.339 e. The van der Waals surface area contributed by atoms with Crippen molar-refractivity contribution in [3.05, 3.63) is 12.5 Å². The molecule has 2 saturated heterocycles. The molecule has 9 nitrogen and oxygen atoms in total. The molecule has 2 amide bonds. The van der Waals surface area contributed by atoms with Crippen LogP contribution in [0.5, 0.6) is 0 Å². The van der Waals surface area contributed by atoms with E-state index < -0.39 is 16.1 Å². The summed E-state index contributed by atoms with van der Waals surface area (Å²) in [5.41, 5.74) is 0. The Morgan fingerprint density at radius 2 is 1.92 bits per heavy atom. The number of aromatic nitrogens is 2. The van der Waals surface area contributed by atoms with E-state index in [0.717, 1.165) is 0 Å². The lowest BCUT2D eigenvalue weighted by molar-refractivity contribution is -0.136. The van der Waals surface area contributed by atoms with E-state index in [9.17, 15) is 18.0 Å². The Labute approximate surface area is 140 Å². The maximum atomic E-state index is 12.7. The second-order valence-electron chi connectivity index (χ2n) is 6.40. The van der Waals surface area contributed by atoms with Crippen LogP contribution < -0.4 is 0 Å². The number of aryl methyl sites for hydroxylation is 1. The zero-order valence-electron chi connectivity index (χ0n) is 13.9. The van der Waals surface area contributed by atoms with Gasteiger partial charge in [-0.3, -0.25) is 9.59 Å². The van der Waals surface area contributed by atoms with Crippen molar-refractivity contribution in [2.75, 3.05) is 33.7 Å². The highest BCUT2D eigenvalue weighted by Gasteiger charge is 2.45. The third kappa shape index (κ3) is 2.69. The zero-order chi connectivity index (χ0) is 17.6. The van der Waals surface area contributed by atoms with Gasteiger partial charge in [-0.25, -0.2) is 13.4 Å². The summed E-state index contributed by atoms with van der Waals surface area (Å²) in [6, 6.07) is -0.456. The number of piperidine rings is 1. The van der Waals surface area contributed by atoms with Gasteiger partial charge < -0.3 is 14.4 Å². The summed E-state index contributed by atoms with van der Waals surface area (Å²) in [6.07, 6.45) is 3.26. The first-order valence-corrected chi connectivity index (χ1v) is 9.14. The van der Waals surface area contributed by atoms with Crippen LogP contribution in [0.25, 0.3) is 0 Å². The molecule has 2 fully saturated rings. The highest BCUT2D eigenvalue weighted by molar-refractivity contribution is 7.89. The van der Waals surface area contributed by atoms with Crippen LogP contribution in [0.4, 0.5) is 0 Å². The van der Waals surface area contributed by atoms with Gasteiger partial charge in [-0.05, 0) is 6.42 Å². The van der Waals surface area contributed by atoms with E-state index in [2.05, 4.69) is 4.98 Å². The standard InChI is InChI=1S/C14H21N5O4S/c1-16-7-12(15-9-16)24(22,23)19-5-4-10-11(6-19)18(3)13(20)8-17(2)14(10)21/h7,9-11H,4-6,8H2,1-3H3/t10-,11+/m0/s1. The number of sulfonamides is 1. The van der Waals surface area contributed by atoms with Crippen LogP contribution >= 0.6 is 0 Å². The summed E-state index contributed by atoms with van der Waals surface area (Å²) >= 11 is 0. The van der Waals surface area contributed by atoms with Crippen molar-refractivity contribution in [1.29, 1.82) is 0 Å². The first kappa shape index (κ1) is 16.9. The number of nitrogens with zero attached hydrogens (tertiary/aromatic N) is 5. The second kappa shape index (κ2) is 5.85. The van der Waals surface area contributed by atoms with E-state index in [0.29, 0.717) is 6.42 Å². The molecule has 0 unspecified atom stereocenters. The van der Waals surface area contributed by atoms with E-state index in [4.69, 9.17) is 0 Å². The summed E-state index contributed by atoms with van der Waals surface area (Å²) < 4.78 is 28.4. The number of rotatable bonds is 2. The van der Waals surface area contributed by atoms with Gasteiger partial charge in [0.15, 0.2) is 5.03 Å². The lowest BCUT2D eigenvalue weighted by Gasteiger charge is -2.39. The lowest BCUT2D eigenvalue weighted by atomic mass is 9.91. The number of amides is 2. The van der Waals surface area contributed by atoms with E-state index in [1.165, 1.54) is 26.6 Å². The molecule has 0 bridgehead atoms. The smallest absolute Gasteiger partial charge is 0.262 e. The summed E-state index contributed by atoms with van der Waals surface area (Å²) in [5, 5.41) is -0.0190. The predicted molar refractivity (Wildman–Crippen MR) is 84.3 cm³/mol. The summed E-state index contributed by atoms with van der Waals surface area (Å²) in [5.74, 6) is -0.662. The molecular formula is C14H21N5O4S. The Morgan fingerprint density at radius 1 is 1.21 bits per heavy atom. The molecule has 0 saturated carbocycles. The Bertz CT molecular complexity index is 774. The fourth-order valence-corrected chi connectivity index (χ4v) is 4.76. The average Bonchev–Trinajstić information content (AvgIpc) is 2.97. The van der Waals surface area contributed by atoms with Crippen LogP contribution in [0, 0.1) is 5.92 Å². The normalized spacial score (nSPS) is 26.5. The molecule has 132 valence electrons. The Morgan fingerprint density at radius 3 is 2.54 bits per heavy atom. The average molecular weight is 355 g/mol. The van der Waals surface area contributed by atoms with Crippen molar-refractivity contribution in [1.82, 2.24) is 23.7 Å². The molecular weight excluding hydrogens is 334 g/mol. The first-order chi connectivity index (χ1) is 11.2. The van der Waals surface area contributed by atoms with Gasteiger partial charge in [-0.15, -0.1) is 0 Å². The Balaban J connectivity index is 1.89. The van der Waals surface area contributed by atoms with Crippen LogP contribution in [-0.4, -0.2) is 83.7 Å². The van der Waals surface area contributed by atoms with Crippen molar-refractivity contribution in [3.63, 3.8) is 0 Å². The quantitative estimate of drug-likeness (QED) is 0.659. The number of fused-ring (bicyclic) bond motifs is 1. The monoisotopic (exact) mass is 355 g/mol. The number of hydrogen-bond donors (Lipinski definition) is 0. The Hall–Kier alpha value is -1.94. The van der Waals surface area contributed by atoms with Crippen molar-refractivity contribution in [3.8, 4) is 0 Å². The molecule has 0 radical (unpaired) electrons. The molecule has 2 aliphatic heterocycles. The molecule has 1 aromatic rings. The van der Waals surface area contributed by atoms with Crippen molar-refractivity contribution >= 4 is 21.8 Å². The van der Waals surface area contributed by atoms with E-state index in [-0.39, 0.29) is 42.4 Å². The van der Waals surface area contributed by atoms with Gasteiger partial charge >= 0.3 is 0 Å². The molecule has 0 aromatic carbocycles. The maximum Gasteiger partial charge on any atom is 0.262 e. The van der Waals surface area contributed by atoms with E-state index in [1.807, 2.05) is 0 Å². The number of hydrogen-bond acceptors (Lipinski definition) is 5. The molecule has 1 aromatic heterocycles. The fraction of sp³-hybridized carbons (Fsp3) is 0.643. The third-order valence-corrected chi connectivity index (χ3v) is 6.54. The minimum absolute atomic E-state index is 0.0190. The highest BCUT2D eigenvalue weighted by Crippen LogP contribution is 2.29. The van der Waals surface area contributed by atoms with Crippen LogP contribution in [0.2, 0.25) is 0 Å². The molecule has 0 aliphatic carbocycles. The molecule has 0 N–H and O–H groups in total. The second-order valence-corrected chi connectivity index (χ2v) is 8.29. The van der Waals surface area contributed by atoms with Crippen molar-refractivity contribution in [2.24, 2.45) is 13.0 Å². The van der Waals surface area contributed by atoms with Crippen LogP contribution in [0.3, 0.4) is 0 Å². The molecule has 10 heteroatoms. The highest BCUT2D eigenvalue weighted by atomic mass is 32.2. The summed E-state index contributed by atoms with van der Waals surface area (Å²) in [7, 11) is 1.19. The van der Waals surface area contributed by atoms with E-state index in [1.54, 1.807) is 25.7 Å². The van der Waals surface area contributed by atoms with Crippen LogP contribution in [0.15, 0.2) is 17.6 Å². The van der Waals surface area contributed by atoms with Gasteiger partial charge in [0.2, 0.25) is 11.8 Å². The van der Waals surface area contributed by atoms with Crippen LogP contribution in [-0.2, 0) is 26.7 Å². The van der Waals surface area contributed by atoms with Gasteiger partial charge in [0.1, 0.15) is 0 Å². The number of carbonyl (C=O) groups excluding carboxylic acids is 2. The van der Waals surface area contributed by atoms with Gasteiger partial charge in [-0.1, -0.05) is 0 Å². The predicted octanol–water partition coefficient (Wildman–Crippen LogP) is -1.27. The Kier molecular flexibility index (Phi) is 4.12. The van der Waals surface area contributed by atoms with Gasteiger partial charge in [0.25, 0.3) is 10.0 Å². The molecule has 2 atom stereocenters. The number of likely N-dealkylation sites (N-methyl/N-ethyl adjacent to an activating group) is 2. The largest absolute Gasteiger partial charge is 0.339 e. The minimum atomic E-state index is -3.74. The van der Waals surface area contributed by atoms with Gasteiger partial charge in [0.05, 0.1) is 24.8 Å². The molecule has 3 rings (SSSR count). The zero-order valence-corrected chi connectivity index (χ0v) is 14.7. The van der Waals surface area contributed by atoms with Gasteiger partial charge in [-0.2, -0.15) is 4.31 Å². The summed E-state index contributed by atoms with van der Waals surface area (Å²) in [4.78, 5) is 31.5. The van der Waals surface area contributed by atoms with Crippen LogP contribution in [0.1, 0.15) is 6.42 Å². The summed E-state index contributed by atoms with van der Waals surface area (Å²) in [6.45, 7) is 0.363. The SMILES string of the molecule is CN1CC(=O)N(C)[C@@H]2CN(S(=O)(=O)c3cn(C)cn3)CC[C@@H]2C1=O. The number of imidazole rings is 1. The van der Waals surface area contributed by atoms with E-state index >= 15 is 0 Å². The first-order valence-electron chi connectivity index (χ1n) is 7.70. The van der Waals surface area contributed by atoms with Crippen molar-refractivity contribution in [2.45, 2.75) is 17.5 Å². The number of carbonyl (C=O) groups is 2. The van der Waals surface area contributed by atoms with Crippen molar-refractivity contribution < 1.29 is 18.0 Å². The molecule has 0 spiro atoms. The molecule has 24 heavy (non-hydrogen) atoms.